The minimum Gasteiger partial charge on any atom is -0.392 e. The van der Waals surface area contributed by atoms with E-state index in [1.807, 2.05) is 0 Å². The Labute approximate surface area is 200 Å². The van der Waals surface area contributed by atoms with Crippen molar-refractivity contribution in [1.82, 2.24) is 19.4 Å². The fourth-order valence-corrected chi connectivity index (χ4v) is 3.71. The van der Waals surface area contributed by atoms with Crippen molar-refractivity contribution in [3.8, 4) is 22.5 Å². The number of alkyl halides is 6. The van der Waals surface area contributed by atoms with Crippen LogP contribution in [0.1, 0.15) is 29.8 Å². The molecule has 0 aliphatic heterocycles. The van der Waals surface area contributed by atoms with Gasteiger partial charge in [0.25, 0.3) is 0 Å². The molecule has 4 rings (SSSR count). The first-order chi connectivity index (χ1) is 16.9. The summed E-state index contributed by atoms with van der Waals surface area (Å²) in [7, 11) is 0. The molecule has 12 heteroatoms. The van der Waals surface area contributed by atoms with Gasteiger partial charge in [0.2, 0.25) is 5.82 Å². The van der Waals surface area contributed by atoms with E-state index in [9.17, 15) is 36.2 Å². The Morgan fingerprint density at radius 3 is 2.39 bits per heavy atom. The number of carbonyl (C=O) groups excluding carboxylic acids is 1. The molecule has 188 valence electrons. The second-order valence-corrected chi connectivity index (χ2v) is 8.08. The maximum atomic E-state index is 13.0. The van der Waals surface area contributed by atoms with Gasteiger partial charge in [-0.25, -0.2) is 15.0 Å². The van der Waals surface area contributed by atoms with Gasteiger partial charge in [0, 0.05) is 36.4 Å². The molecule has 4 aromatic rings. The fourth-order valence-electron chi connectivity index (χ4n) is 3.71. The van der Waals surface area contributed by atoms with Gasteiger partial charge < -0.3 is 5.11 Å². The summed E-state index contributed by atoms with van der Waals surface area (Å²) in [4.78, 5) is 23.2. The number of rotatable bonds is 7. The highest BCUT2D eigenvalue weighted by Gasteiger charge is 2.34. The van der Waals surface area contributed by atoms with Crippen molar-refractivity contribution in [2.24, 2.45) is 0 Å². The molecule has 1 aromatic carbocycles. The van der Waals surface area contributed by atoms with Gasteiger partial charge in [-0.05, 0) is 41.5 Å². The predicted molar refractivity (Wildman–Crippen MR) is 117 cm³/mol. The van der Waals surface area contributed by atoms with Gasteiger partial charge in [-0.15, -0.1) is 0 Å². The summed E-state index contributed by atoms with van der Waals surface area (Å²) in [5, 5.41) is 9.64. The number of fused-ring (bicyclic) bond motifs is 1. The lowest BCUT2D eigenvalue weighted by atomic mass is 9.99. The van der Waals surface area contributed by atoms with Gasteiger partial charge >= 0.3 is 12.4 Å². The Hall–Kier alpha value is -3.80. The van der Waals surface area contributed by atoms with Gasteiger partial charge in [-0.1, -0.05) is 6.07 Å². The van der Waals surface area contributed by atoms with Crippen molar-refractivity contribution in [3.05, 3.63) is 71.9 Å². The van der Waals surface area contributed by atoms with E-state index >= 15 is 0 Å². The van der Waals surface area contributed by atoms with E-state index in [0.29, 0.717) is 33.6 Å². The third-order valence-corrected chi connectivity index (χ3v) is 5.34. The number of pyridine rings is 1. The van der Waals surface area contributed by atoms with Crippen LogP contribution >= 0.6 is 0 Å². The molecule has 0 saturated carbocycles. The highest BCUT2D eigenvalue weighted by atomic mass is 19.4. The topological polar surface area (TPSA) is 80.4 Å². The van der Waals surface area contributed by atoms with Crippen LogP contribution in [0.25, 0.3) is 28.2 Å². The van der Waals surface area contributed by atoms with Crippen LogP contribution in [0.4, 0.5) is 26.3 Å². The largest absolute Gasteiger partial charge is 0.451 e. The average molecular weight is 508 g/mol. The smallest absolute Gasteiger partial charge is 0.392 e. The van der Waals surface area contributed by atoms with Crippen LogP contribution in [0.15, 0.2) is 55.0 Å². The molecule has 3 aromatic heterocycles. The molecular formula is C24H18F6N4O2. The molecule has 36 heavy (non-hydrogen) atoms. The molecule has 0 fully saturated rings. The van der Waals surface area contributed by atoms with Crippen molar-refractivity contribution < 1.29 is 36.2 Å². The predicted octanol–water partition coefficient (Wildman–Crippen LogP) is 5.42. The minimum absolute atomic E-state index is 0.0614. The van der Waals surface area contributed by atoms with E-state index in [2.05, 4.69) is 15.0 Å². The van der Waals surface area contributed by atoms with Crippen LogP contribution in [0.3, 0.4) is 0 Å². The van der Waals surface area contributed by atoms with Crippen LogP contribution in [0.2, 0.25) is 0 Å². The number of aliphatic hydroxyl groups is 1. The lowest BCUT2D eigenvalue weighted by molar-refractivity contribution is -0.145. The monoisotopic (exact) mass is 508 g/mol. The van der Waals surface area contributed by atoms with Crippen LogP contribution in [0, 0.1) is 0 Å². The fraction of sp³-hybridized carbons (Fsp3) is 0.250. The maximum Gasteiger partial charge on any atom is 0.451 e. The molecule has 6 nitrogen and oxygen atoms in total. The number of hydrogen-bond acceptors (Lipinski definition) is 5. The van der Waals surface area contributed by atoms with E-state index in [0.717, 1.165) is 6.20 Å². The number of hydrogen-bond donors (Lipinski definition) is 1. The quantitative estimate of drug-likeness (QED) is 0.337. The third kappa shape index (κ3) is 5.88. The number of nitrogens with zero attached hydrogens (tertiary/aromatic N) is 4. The molecule has 0 radical (unpaired) electrons. The minimum atomic E-state index is -4.69. The van der Waals surface area contributed by atoms with E-state index in [-0.39, 0.29) is 18.7 Å². The molecule has 0 atom stereocenters. The van der Waals surface area contributed by atoms with Crippen LogP contribution in [-0.2, 0) is 24.0 Å². The van der Waals surface area contributed by atoms with Crippen molar-refractivity contribution in [2.75, 3.05) is 0 Å². The maximum absolute atomic E-state index is 13.0. The Morgan fingerprint density at radius 2 is 1.69 bits per heavy atom. The summed E-state index contributed by atoms with van der Waals surface area (Å²) in [5.74, 6) is -1.85. The first-order valence-corrected chi connectivity index (χ1v) is 10.6. The summed E-state index contributed by atoms with van der Waals surface area (Å²) in [6, 6.07) is 9.27. The molecule has 0 bridgehead atoms. The van der Waals surface area contributed by atoms with Gasteiger partial charge in [0.15, 0.2) is 0 Å². The number of benzene rings is 1. The second kappa shape index (κ2) is 9.69. The highest BCUT2D eigenvalue weighted by molar-refractivity contribution is 5.81. The number of Topliss-reactive ketones (excluding diaryl/α,β-unsaturated/α-hetero) is 1. The molecule has 0 aliphatic carbocycles. The molecule has 0 aliphatic rings. The number of halogens is 6. The molecule has 3 heterocycles. The van der Waals surface area contributed by atoms with Crippen molar-refractivity contribution >= 4 is 11.4 Å². The third-order valence-electron chi connectivity index (χ3n) is 5.34. The Bertz CT molecular complexity index is 1410. The normalized spacial score (nSPS) is 12.3. The molecule has 1 N–H and O–H groups in total. The van der Waals surface area contributed by atoms with Gasteiger partial charge in [-0.2, -0.15) is 26.3 Å². The summed E-state index contributed by atoms with van der Waals surface area (Å²) >= 11 is 0. The molecular weight excluding hydrogens is 490 g/mol. The van der Waals surface area contributed by atoms with Crippen LogP contribution < -0.4 is 0 Å². The lowest BCUT2D eigenvalue weighted by Crippen LogP contribution is -2.12. The van der Waals surface area contributed by atoms with Crippen LogP contribution in [-0.4, -0.2) is 36.4 Å². The molecule has 0 amide bonds. The summed E-state index contributed by atoms with van der Waals surface area (Å²) < 4.78 is 77.8. The van der Waals surface area contributed by atoms with Gasteiger partial charge in [0.1, 0.15) is 11.4 Å². The first-order valence-electron chi connectivity index (χ1n) is 10.6. The lowest BCUT2D eigenvalue weighted by Gasteiger charge is -2.10. The van der Waals surface area contributed by atoms with Crippen LogP contribution in [0.5, 0.6) is 0 Å². The van der Waals surface area contributed by atoms with E-state index in [4.69, 9.17) is 0 Å². The van der Waals surface area contributed by atoms with Crippen molar-refractivity contribution in [2.45, 2.75) is 38.2 Å². The Morgan fingerprint density at radius 1 is 0.944 bits per heavy atom. The summed E-state index contributed by atoms with van der Waals surface area (Å²) in [5.41, 5.74) is 2.84. The SMILES string of the molecule is O=C(CCC(F)(F)F)Cc1cc(CO)cc(-c2cnc3cc(-c4ccnc(C(F)(F)F)n4)ccn23)c1. The molecule has 0 spiro atoms. The highest BCUT2D eigenvalue weighted by Crippen LogP contribution is 2.30. The van der Waals surface area contributed by atoms with Gasteiger partial charge in [-0.3, -0.25) is 9.20 Å². The van der Waals surface area contributed by atoms with E-state index < -0.39 is 36.8 Å². The zero-order valence-electron chi connectivity index (χ0n) is 18.4. The Balaban J connectivity index is 1.65. The number of aromatic nitrogens is 4. The Kier molecular flexibility index (Phi) is 6.81. The first kappa shape index (κ1) is 25.3. The second-order valence-electron chi connectivity index (χ2n) is 8.08. The van der Waals surface area contributed by atoms with E-state index in [1.54, 1.807) is 40.9 Å². The number of carbonyl (C=O) groups is 1. The van der Waals surface area contributed by atoms with Crippen molar-refractivity contribution in [1.29, 1.82) is 0 Å². The number of imidazole rings is 1. The zero-order valence-corrected chi connectivity index (χ0v) is 18.4. The standard InChI is InChI=1S/C24H18F6N4O2/c25-23(26,27)4-1-18(36)10-14-7-15(13-35)9-17(8-14)20-12-32-21-11-16(3-6-34(20)21)19-2-5-31-22(33-19)24(28,29)30/h2-3,5-9,11-12,35H,1,4,10,13H2. The number of ketones is 1. The molecule has 0 unspecified atom stereocenters. The summed E-state index contributed by atoms with van der Waals surface area (Å²) in [6.45, 7) is -0.353. The van der Waals surface area contributed by atoms with Gasteiger partial charge in [0.05, 0.1) is 30.6 Å². The zero-order chi connectivity index (χ0) is 26.1. The van der Waals surface area contributed by atoms with E-state index in [1.165, 1.54) is 12.3 Å². The van der Waals surface area contributed by atoms with Crippen molar-refractivity contribution in [3.63, 3.8) is 0 Å². The average Bonchev–Trinajstić information content (AvgIpc) is 3.25. The summed E-state index contributed by atoms with van der Waals surface area (Å²) in [6.07, 6.45) is -7.08. The number of aliphatic hydroxyl groups excluding tert-OH is 1. The molecule has 0 saturated heterocycles.